The van der Waals surface area contributed by atoms with Crippen LogP contribution in [-0.2, 0) is 7.05 Å². The van der Waals surface area contributed by atoms with Crippen LogP contribution in [0.5, 0.6) is 0 Å². The molecule has 1 rings (SSSR count). The van der Waals surface area contributed by atoms with E-state index in [4.69, 9.17) is 5.73 Å². The van der Waals surface area contributed by atoms with E-state index in [0.29, 0.717) is 13.1 Å². The number of hydrogen-bond donors (Lipinski definition) is 1. The first kappa shape index (κ1) is 12.2. The molecule has 88 valence electrons. The highest BCUT2D eigenvalue weighted by Gasteiger charge is 2.23. The highest BCUT2D eigenvalue weighted by atomic mass is 16.3. The lowest BCUT2D eigenvalue weighted by atomic mass is 10.3. The van der Waals surface area contributed by atoms with Crippen molar-refractivity contribution in [1.29, 1.82) is 0 Å². The summed E-state index contributed by atoms with van der Waals surface area (Å²) in [7, 11) is 1.67. The van der Waals surface area contributed by atoms with Crippen molar-refractivity contribution in [2.75, 3.05) is 18.8 Å². The number of anilines is 1. The maximum atomic E-state index is 12.1. The lowest BCUT2D eigenvalue weighted by Crippen LogP contribution is -2.31. The first-order valence-corrected chi connectivity index (χ1v) is 5.14. The Bertz CT molecular complexity index is 407. The molecule has 0 aliphatic heterocycles. The van der Waals surface area contributed by atoms with Gasteiger partial charge in [-0.1, -0.05) is 0 Å². The topological polar surface area (TPSA) is 80.7 Å². The fourth-order valence-electron chi connectivity index (χ4n) is 1.65. The van der Waals surface area contributed by atoms with Crippen LogP contribution >= 0.6 is 0 Å². The Balaban J connectivity index is 3.21. The fourth-order valence-corrected chi connectivity index (χ4v) is 1.65. The Morgan fingerprint density at radius 3 is 2.50 bits per heavy atom. The summed E-state index contributed by atoms with van der Waals surface area (Å²) < 4.78 is 1.53. The van der Waals surface area contributed by atoms with Gasteiger partial charge in [-0.3, -0.25) is 4.79 Å². The van der Waals surface area contributed by atoms with E-state index in [0.717, 1.165) is 0 Å². The van der Waals surface area contributed by atoms with E-state index in [-0.39, 0.29) is 23.0 Å². The summed E-state index contributed by atoms with van der Waals surface area (Å²) in [5, 5.41) is 2.82. The summed E-state index contributed by atoms with van der Waals surface area (Å²) in [5.74, 6) is -0.223. The summed E-state index contributed by atoms with van der Waals surface area (Å²) in [6.45, 7) is 4.92. The number of nitrogen functional groups attached to an aromatic ring is 1. The van der Waals surface area contributed by atoms with Crippen LogP contribution < -0.4 is 5.73 Å². The number of hydrogen-bond acceptors (Lipinski definition) is 4. The third-order valence-electron chi connectivity index (χ3n) is 2.53. The molecule has 1 heterocycles. The van der Waals surface area contributed by atoms with Gasteiger partial charge in [0.25, 0.3) is 5.91 Å². The molecule has 0 unspecified atom stereocenters. The van der Waals surface area contributed by atoms with Crippen LogP contribution in [0, 0.1) is 4.91 Å². The van der Waals surface area contributed by atoms with Crippen LogP contribution in [0.3, 0.4) is 0 Å². The summed E-state index contributed by atoms with van der Waals surface area (Å²) in [6, 6.07) is 0. The zero-order chi connectivity index (χ0) is 12.3. The lowest BCUT2D eigenvalue weighted by Gasteiger charge is -2.18. The second-order valence-electron chi connectivity index (χ2n) is 3.46. The minimum Gasteiger partial charge on any atom is -0.396 e. The third-order valence-corrected chi connectivity index (χ3v) is 2.53. The van der Waals surface area contributed by atoms with Gasteiger partial charge in [0.1, 0.15) is 5.69 Å². The number of aryl methyl sites for hydroxylation is 1. The predicted molar refractivity (Wildman–Crippen MR) is 62.5 cm³/mol. The largest absolute Gasteiger partial charge is 0.396 e. The van der Waals surface area contributed by atoms with Crippen molar-refractivity contribution in [2.45, 2.75) is 13.8 Å². The van der Waals surface area contributed by atoms with E-state index in [9.17, 15) is 9.70 Å². The molecular weight excluding hydrogens is 208 g/mol. The van der Waals surface area contributed by atoms with Crippen molar-refractivity contribution in [1.82, 2.24) is 9.47 Å². The first-order chi connectivity index (χ1) is 7.56. The molecule has 0 saturated carbocycles. The van der Waals surface area contributed by atoms with Crippen molar-refractivity contribution in [2.24, 2.45) is 12.2 Å². The fraction of sp³-hybridized carbons (Fsp3) is 0.500. The van der Waals surface area contributed by atoms with Crippen molar-refractivity contribution >= 4 is 17.3 Å². The summed E-state index contributed by atoms with van der Waals surface area (Å²) in [6.07, 6.45) is 1.52. The van der Waals surface area contributed by atoms with Crippen LogP contribution in [0.15, 0.2) is 11.4 Å². The normalized spacial score (nSPS) is 10.2. The van der Waals surface area contributed by atoms with Crippen molar-refractivity contribution < 1.29 is 4.79 Å². The maximum absolute atomic E-state index is 12.1. The number of nitrogens with two attached hydrogens (primary N) is 1. The van der Waals surface area contributed by atoms with Crippen LogP contribution in [0.2, 0.25) is 0 Å². The second kappa shape index (κ2) is 4.78. The molecule has 0 aliphatic rings. The number of rotatable bonds is 4. The van der Waals surface area contributed by atoms with E-state index in [1.54, 1.807) is 11.9 Å². The van der Waals surface area contributed by atoms with Gasteiger partial charge >= 0.3 is 0 Å². The Hall–Kier alpha value is -1.85. The van der Waals surface area contributed by atoms with Crippen molar-refractivity contribution in [3.05, 3.63) is 16.8 Å². The second-order valence-corrected chi connectivity index (χ2v) is 3.46. The SMILES string of the molecule is CCN(CC)C(=O)c1c(N=O)c(N)cn1C. The number of nitroso groups, excluding NO2 is 1. The van der Waals surface area contributed by atoms with Gasteiger partial charge in [-0.05, 0) is 19.0 Å². The quantitative estimate of drug-likeness (QED) is 0.786. The highest BCUT2D eigenvalue weighted by molar-refractivity contribution is 6.00. The van der Waals surface area contributed by atoms with Gasteiger partial charge in [0.05, 0.1) is 5.69 Å². The van der Waals surface area contributed by atoms with Crippen molar-refractivity contribution in [3.8, 4) is 0 Å². The maximum Gasteiger partial charge on any atom is 0.272 e. The molecule has 2 N–H and O–H groups in total. The zero-order valence-corrected chi connectivity index (χ0v) is 9.73. The van der Waals surface area contributed by atoms with Crippen LogP contribution in [0.4, 0.5) is 11.4 Å². The Labute approximate surface area is 94.0 Å². The van der Waals surface area contributed by atoms with E-state index in [2.05, 4.69) is 5.18 Å². The first-order valence-electron chi connectivity index (χ1n) is 5.14. The van der Waals surface area contributed by atoms with Crippen LogP contribution in [0.1, 0.15) is 24.3 Å². The molecule has 0 aliphatic carbocycles. The van der Waals surface area contributed by atoms with Gasteiger partial charge in [-0.2, -0.15) is 0 Å². The molecule has 0 atom stereocenters. The van der Waals surface area contributed by atoms with Gasteiger partial charge in [-0.25, -0.2) is 0 Å². The minimum atomic E-state index is -0.223. The van der Waals surface area contributed by atoms with Crippen LogP contribution in [-0.4, -0.2) is 28.5 Å². The molecule has 0 bridgehead atoms. The molecule has 1 aromatic heterocycles. The number of nitrogens with zero attached hydrogens (tertiary/aromatic N) is 3. The average molecular weight is 224 g/mol. The number of aromatic nitrogens is 1. The zero-order valence-electron chi connectivity index (χ0n) is 9.73. The average Bonchev–Trinajstić information content (AvgIpc) is 2.54. The molecule has 6 heteroatoms. The lowest BCUT2D eigenvalue weighted by molar-refractivity contribution is 0.0764. The molecule has 0 spiro atoms. The molecule has 16 heavy (non-hydrogen) atoms. The van der Waals surface area contributed by atoms with E-state index < -0.39 is 0 Å². The smallest absolute Gasteiger partial charge is 0.272 e. The Morgan fingerprint density at radius 2 is 2.06 bits per heavy atom. The van der Waals surface area contributed by atoms with Gasteiger partial charge in [-0.15, -0.1) is 4.91 Å². The van der Waals surface area contributed by atoms with Gasteiger partial charge in [0.2, 0.25) is 0 Å². The van der Waals surface area contributed by atoms with E-state index in [1.807, 2.05) is 13.8 Å². The Morgan fingerprint density at radius 1 is 1.50 bits per heavy atom. The molecule has 0 saturated heterocycles. The third kappa shape index (κ3) is 1.91. The predicted octanol–water partition coefficient (Wildman–Crippen LogP) is 1.49. The molecule has 1 amide bonds. The molecular formula is C10H16N4O2. The standard InChI is InChI=1S/C10H16N4O2/c1-4-14(5-2)10(15)9-8(12-16)7(11)6-13(9)3/h6H,4-5,11H2,1-3H3. The number of carbonyl (C=O) groups excluding carboxylic acids is 1. The minimum absolute atomic E-state index is 0.0272. The molecule has 0 fully saturated rings. The number of carbonyl (C=O) groups is 1. The van der Waals surface area contributed by atoms with Crippen molar-refractivity contribution in [3.63, 3.8) is 0 Å². The van der Waals surface area contributed by atoms with E-state index >= 15 is 0 Å². The Kier molecular flexibility index (Phi) is 3.65. The number of amides is 1. The summed E-state index contributed by atoms with van der Waals surface area (Å²) in [4.78, 5) is 24.3. The van der Waals surface area contributed by atoms with Crippen LogP contribution in [0.25, 0.3) is 0 Å². The van der Waals surface area contributed by atoms with Gasteiger partial charge < -0.3 is 15.2 Å². The molecule has 6 nitrogen and oxygen atoms in total. The molecule has 0 radical (unpaired) electrons. The van der Waals surface area contributed by atoms with Gasteiger partial charge in [0, 0.05) is 26.3 Å². The van der Waals surface area contributed by atoms with Gasteiger partial charge in [0.15, 0.2) is 5.69 Å². The van der Waals surface area contributed by atoms with E-state index in [1.165, 1.54) is 10.8 Å². The highest BCUT2D eigenvalue weighted by Crippen LogP contribution is 2.29. The molecule has 1 aromatic rings. The summed E-state index contributed by atoms with van der Waals surface area (Å²) >= 11 is 0. The monoisotopic (exact) mass is 224 g/mol. The summed E-state index contributed by atoms with van der Waals surface area (Å²) in [5.41, 5.74) is 6.09. The molecule has 0 aromatic carbocycles.